The highest BCUT2D eigenvalue weighted by Crippen LogP contribution is 2.03. The highest BCUT2D eigenvalue weighted by Gasteiger charge is 2.10. The van der Waals surface area contributed by atoms with Crippen LogP contribution in [0.15, 0.2) is 35.2 Å². The Morgan fingerprint density at radius 2 is 2.12 bits per heavy atom. The number of rotatable bonds is 7. The van der Waals surface area contributed by atoms with Gasteiger partial charge in [-0.2, -0.15) is 0 Å². The minimum atomic E-state index is -0.279. The molecule has 0 aliphatic carbocycles. The predicted octanol–water partition coefficient (Wildman–Crippen LogP) is 0.744. The number of carbonyl (C=O) groups excluding carboxylic acids is 1. The lowest BCUT2D eigenvalue weighted by Crippen LogP contribution is -2.39. The Hall–Kier alpha value is -2.45. The van der Waals surface area contributed by atoms with Crippen molar-refractivity contribution in [2.45, 2.75) is 6.54 Å². The molecule has 2 aromatic heterocycles. The largest absolute Gasteiger partial charge is 0.467 e. The second-order valence-electron chi connectivity index (χ2n) is 5.43. The van der Waals surface area contributed by atoms with Gasteiger partial charge >= 0.3 is 0 Å². The van der Waals surface area contributed by atoms with Crippen molar-refractivity contribution in [2.75, 3.05) is 44.7 Å². The molecule has 1 amide bonds. The second kappa shape index (κ2) is 8.42. The Labute approximate surface area is 140 Å². The first kappa shape index (κ1) is 16.4. The predicted molar refractivity (Wildman–Crippen MR) is 87.7 cm³/mol. The van der Waals surface area contributed by atoms with Crippen molar-refractivity contribution in [1.29, 1.82) is 0 Å². The van der Waals surface area contributed by atoms with Gasteiger partial charge in [-0.25, -0.2) is 9.97 Å². The highest BCUT2D eigenvalue weighted by atomic mass is 16.5. The van der Waals surface area contributed by atoms with E-state index in [1.54, 1.807) is 24.6 Å². The number of morpholine rings is 1. The summed E-state index contributed by atoms with van der Waals surface area (Å²) in [6, 6.07) is 3.58. The maximum absolute atomic E-state index is 12.0. The average Bonchev–Trinajstić information content (AvgIpc) is 3.15. The van der Waals surface area contributed by atoms with Crippen LogP contribution in [0.3, 0.4) is 0 Å². The van der Waals surface area contributed by atoms with Crippen molar-refractivity contribution >= 4 is 11.7 Å². The number of amides is 1. The number of anilines is 1. The number of carbonyl (C=O) groups is 1. The zero-order valence-corrected chi connectivity index (χ0v) is 13.4. The summed E-state index contributed by atoms with van der Waals surface area (Å²) in [4.78, 5) is 22.7. The molecule has 1 aliphatic rings. The number of aromatic nitrogens is 2. The molecular formula is C16H21N5O3. The number of furan rings is 1. The third-order valence-corrected chi connectivity index (χ3v) is 3.73. The smallest absolute Gasteiger partial charge is 0.271 e. The van der Waals surface area contributed by atoms with Crippen LogP contribution in [0, 0.1) is 0 Å². The number of nitrogens with one attached hydrogen (secondary N) is 2. The van der Waals surface area contributed by atoms with Gasteiger partial charge < -0.3 is 19.8 Å². The minimum absolute atomic E-state index is 0.278. The van der Waals surface area contributed by atoms with E-state index < -0.39 is 0 Å². The summed E-state index contributed by atoms with van der Waals surface area (Å²) in [5.41, 5.74) is 0.278. The molecule has 0 aromatic carbocycles. The molecule has 0 unspecified atom stereocenters. The summed E-state index contributed by atoms with van der Waals surface area (Å²) in [5, 5.41) is 5.94. The Kier molecular flexibility index (Phi) is 5.75. The Bertz CT molecular complexity index is 624. The normalized spacial score (nSPS) is 15.2. The van der Waals surface area contributed by atoms with E-state index in [9.17, 15) is 4.79 Å². The Morgan fingerprint density at radius 1 is 1.25 bits per heavy atom. The molecule has 0 atom stereocenters. The second-order valence-corrected chi connectivity index (χ2v) is 5.43. The summed E-state index contributed by atoms with van der Waals surface area (Å²) in [7, 11) is 0. The molecule has 8 nitrogen and oxygen atoms in total. The number of hydrogen-bond donors (Lipinski definition) is 2. The lowest BCUT2D eigenvalue weighted by atomic mass is 10.4. The molecule has 3 heterocycles. The number of ether oxygens (including phenoxy) is 1. The van der Waals surface area contributed by atoms with E-state index in [0.29, 0.717) is 18.1 Å². The average molecular weight is 331 g/mol. The Balaban J connectivity index is 1.41. The fraction of sp³-hybridized carbons (Fsp3) is 0.438. The summed E-state index contributed by atoms with van der Waals surface area (Å²) >= 11 is 0. The molecular weight excluding hydrogens is 310 g/mol. The number of hydrogen-bond acceptors (Lipinski definition) is 7. The molecule has 1 fully saturated rings. The first-order valence-electron chi connectivity index (χ1n) is 7.98. The standard InChI is InChI=1S/C16H21N5O3/c22-16(20-10-13-2-1-7-24-13)14-11-19-15(12-18-14)17-3-4-21-5-8-23-9-6-21/h1-2,7,11-12H,3-6,8-10H2,(H,17,19)(H,20,22). The lowest BCUT2D eigenvalue weighted by molar-refractivity contribution is 0.0398. The fourth-order valence-corrected chi connectivity index (χ4v) is 2.37. The summed E-state index contributed by atoms with van der Waals surface area (Å²) in [6.07, 6.45) is 4.61. The summed E-state index contributed by atoms with van der Waals surface area (Å²) in [5.74, 6) is 1.07. The van der Waals surface area contributed by atoms with Crippen LogP contribution < -0.4 is 10.6 Å². The van der Waals surface area contributed by atoms with E-state index in [2.05, 4.69) is 25.5 Å². The third-order valence-electron chi connectivity index (χ3n) is 3.73. The lowest BCUT2D eigenvalue weighted by Gasteiger charge is -2.26. The molecule has 1 saturated heterocycles. The fourth-order valence-electron chi connectivity index (χ4n) is 2.37. The van der Waals surface area contributed by atoms with E-state index >= 15 is 0 Å². The van der Waals surface area contributed by atoms with Crippen LogP contribution in [-0.2, 0) is 11.3 Å². The van der Waals surface area contributed by atoms with E-state index in [-0.39, 0.29) is 11.6 Å². The molecule has 2 aromatic rings. The van der Waals surface area contributed by atoms with Gasteiger partial charge in [0.2, 0.25) is 0 Å². The van der Waals surface area contributed by atoms with Crippen LogP contribution in [0.25, 0.3) is 0 Å². The molecule has 128 valence electrons. The highest BCUT2D eigenvalue weighted by molar-refractivity contribution is 5.91. The van der Waals surface area contributed by atoms with Crippen molar-refractivity contribution in [3.8, 4) is 0 Å². The molecule has 0 bridgehead atoms. The van der Waals surface area contributed by atoms with Crippen LogP contribution in [0.2, 0.25) is 0 Å². The van der Waals surface area contributed by atoms with E-state index in [1.807, 2.05) is 0 Å². The molecule has 1 aliphatic heterocycles. The van der Waals surface area contributed by atoms with Gasteiger partial charge in [0.15, 0.2) is 0 Å². The molecule has 24 heavy (non-hydrogen) atoms. The molecule has 3 rings (SSSR count). The van der Waals surface area contributed by atoms with E-state index in [1.165, 1.54) is 6.20 Å². The SMILES string of the molecule is O=C(NCc1ccco1)c1cnc(NCCN2CCOCC2)cn1. The molecule has 0 radical (unpaired) electrons. The van der Waals surface area contributed by atoms with Crippen LogP contribution >= 0.6 is 0 Å². The van der Waals surface area contributed by atoms with Crippen LogP contribution in [0.5, 0.6) is 0 Å². The number of nitrogens with zero attached hydrogens (tertiary/aromatic N) is 3. The zero-order chi connectivity index (χ0) is 16.6. The van der Waals surface area contributed by atoms with Gasteiger partial charge in [0.1, 0.15) is 17.3 Å². The van der Waals surface area contributed by atoms with Crippen molar-refractivity contribution in [3.63, 3.8) is 0 Å². The van der Waals surface area contributed by atoms with Crippen molar-refractivity contribution in [2.24, 2.45) is 0 Å². The van der Waals surface area contributed by atoms with E-state index in [0.717, 1.165) is 39.4 Å². The monoisotopic (exact) mass is 331 g/mol. The maximum atomic E-state index is 12.0. The topological polar surface area (TPSA) is 92.5 Å². The maximum Gasteiger partial charge on any atom is 0.271 e. The van der Waals surface area contributed by atoms with Crippen LogP contribution in [0.4, 0.5) is 5.82 Å². The quantitative estimate of drug-likeness (QED) is 0.773. The Morgan fingerprint density at radius 3 is 2.83 bits per heavy atom. The molecule has 2 N–H and O–H groups in total. The van der Waals surface area contributed by atoms with Gasteiger partial charge in [0.25, 0.3) is 5.91 Å². The van der Waals surface area contributed by atoms with Crippen LogP contribution in [0.1, 0.15) is 16.2 Å². The van der Waals surface area contributed by atoms with Crippen LogP contribution in [-0.4, -0.2) is 60.2 Å². The van der Waals surface area contributed by atoms with Crippen molar-refractivity contribution in [3.05, 3.63) is 42.2 Å². The van der Waals surface area contributed by atoms with Gasteiger partial charge in [-0.15, -0.1) is 0 Å². The van der Waals surface area contributed by atoms with Gasteiger partial charge in [0.05, 0.1) is 38.4 Å². The first-order chi connectivity index (χ1) is 11.8. The minimum Gasteiger partial charge on any atom is -0.467 e. The van der Waals surface area contributed by atoms with Gasteiger partial charge in [-0.3, -0.25) is 9.69 Å². The molecule has 0 spiro atoms. The molecule has 0 saturated carbocycles. The summed E-state index contributed by atoms with van der Waals surface area (Å²) in [6.45, 7) is 5.54. The van der Waals surface area contributed by atoms with E-state index in [4.69, 9.17) is 9.15 Å². The van der Waals surface area contributed by atoms with Crippen molar-refractivity contribution in [1.82, 2.24) is 20.2 Å². The van der Waals surface area contributed by atoms with Crippen molar-refractivity contribution < 1.29 is 13.9 Å². The zero-order valence-electron chi connectivity index (χ0n) is 13.4. The first-order valence-corrected chi connectivity index (χ1v) is 7.98. The summed E-state index contributed by atoms with van der Waals surface area (Å²) < 4.78 is 10.5. The van der Waals surface area contributed by atoms with Gasteiger partial charge in [0, 0.05) is 26.2 Å². The molecule has 8 heteroatoms. The van der Waals surface area contributed by atoms with Gasteiger partial charge in [-0.1, -0.05) is 0 Å². The van der Waals surface area contributed by atoms with Gasteiger partial charge in [-0.05, 0) is 12.1 Å². The third kappa shape index (κ3) is 4.77.